The number of rotatable bonds is 6. The average molecular weight is 1080 g/mol. The summed E-state index contributed by atoms with van der Waals surface area (Å²) in [6.07, 6.45) is 0. The maximum Gasteiger partial charge on any atom is 0.220 e. The maximum atomic E-state index is 12.5. The molecule has 374 valence electrons. The van der Waals surface area contributed by atoms with Gasteiger partial charge < -0.3 is 9.13 Å². The Hall–Kier alpha value is -10.1. The van der Waals surface area contributed by atoms with Gasteiger partial charge in [-0.1, -0.05) is 224 Å². The lowest BCUT2D eigenvalue weighted by atomic mass is 9.88. The van der Waals surface area contributed by atoms with Crippen LogP contribution in [0.2, 0.25) is 0 Å². The third-order valence-corrected chi connectivity index (χ3v) is 20.2. The van der Waals surface area contributed by atoms with Crippen molar-refractivity contribution < 1.29 is 0 Å². The lowest BCUT2D eigenvalue weighted by molar-refractivity contribution is 1.14. The Morgan fingerprint density at radius 1 is 0.321 bits per heavy atom. The van der Waals surface area contributed by atoms with E-state index in [4.69, 9.17) is 4.85 Å². The highest BCUT2D eigenvalue weighted by molar-refractivity contribution is 7.27. The predicted octanol–water partition coefficient (Wildman–Crippen LogP) is 22.1. The minimum absolute atomic E-state index is 0.415. The SMILES string of the molecule is [C-]#[N+]c1c(-c2ccccc2)c(C#N)c(-n2c3c(-c4ccccc4-c4ccccc4)cccc3c3ccc4c5ccccc5sc4c32)c(-c2ccccc2)c1-n1c2c(ccc3c4ccccc4sc32)c2ccc3c4ccccc4sc3c21. The van der Waals surface area contributed by atoms with Gasteiger partial charge in [0.05, 0.1) is 59.7 Å². The number of para-hydroxylation sites is 1. The Kier molecular flexibility index (Phi) is 10.0. The summed E-state index contributed by atoms with van der Waals surface area (Å²) in [5.41, 5.74) is 13.8. The lowest BCUT2D eigenvalue weighted by Gasteiger charge is -2.26. The maximum absolute atomic E-state index is 12.5. The Morgan fingerprint density at radius 2 is 0.691 bits per heavy atom. The van der Waals surface area contributed by atoms with Gasteiger partial charge >= 0.3 is 0 Å². The van der Waals surface area contributed by atoms with E-state index in [1.807, 2.05) is 18.2 Å². The molecule has 0 N–H and O–H groups in total. The van der Waals surface area contributed by atoms with Crippen LogP contribution in [0, 0.1) is 17.9 Å². The van der Waals surface area contributed by atoms with E-state index < -0.39 is 0 Å². The molecule has 0 aliphatic heterocycles. The van der Waals surface area contributed by atoms with Crippen molar-refractivity contribution in [1.82, 2.24) is 9.13 Å². The number of nitrogens with zero attached hydrogens (tertiary/aromatic N) is 4. The van der Waals surface area contributed by atoms with E-state index in [1.165, 1.54) is 41.0 Å². The van der Waals surface area contributed by atoms with Crippen molar-refractivity contribution in [2.45, 2.75) is 0 Å². The van der Waals surface area contributed by atoms with Crippen LogP contribution in [0.3, 0.4) is 0 Å². The van der Waals surface area contributed by atoms with Gasteiger partial charge in [-0.25, -0.2) is 4.85 Å². The molecule has 4 nitrogen and oxygen atoms in total. The van der Waals surface area contributed by atoms with E-state index in [1.54, 1.807) is 34.0 Å². The first-order chi connectivity index (χ1) is 40.2. The molecule has 0 atom stereocenters. The summed E-state index contributed by atoms with van der Waals surface area (Å²) in [4.78, 5) is 4.77. The van der Waals surface area contributed by atoms with Crippen LogP contribution < -0.4 is 0 Å². The van der Waals surface area contributed by atoms with Crippen LogP contribution in [-0.2, 0) is 0 Å². The van der Waals surface area contributed by atoms with E-state index in [9.17, 15) is 11.8 Å². The number of thiophene rings is 3. The van der Waals surface area contributed by atoms with Crippen LogP contribution in [0.4, 0.5) is 5.69 Å². The summed E-state index contributed by atoms with van der Waals surface area (Å²) in [7, 11) is 0. The van der Waals surface area contributed by atoms with Gasteiger partial charge in [-0.15, -0.1) is 34.0 Å². The van der Waals surface area contributed by atoms with Gasteiger partial charge in [0.2, 0.25) is 5.69 Å². The third kappa shape index (κ3) is 6.48. The van der Waals surface area contributed by atoms with E-state index in [2.05, 4.69) is 240 Å². The summed E-state index contributed by atoms with van der Waals surface area (Å²) in [6.45, 7) is 9.76. The highest BCUT2D eigenvalue weighted by atomic mass is 32.1. The van der Waals surface area contributed by atoms with Crippen molar-refractivity contribution >= 4 is 144 Å². The van der Waals surface area contributed by atoms with Crippen LogP contribution in [0.5, 0.6) is 0 Å². The normalized spacial score (nSPS) is 11.9. The van der Waals surface area contributed by atoms with Crippen molar-refractivity contribution in [3.8, 4) is 62.0 Å². The van der Waals surface area contributed by atoms with Crippen LogP contribution in [0.25, 0.3) is 165 Å². The zero-order valence-electron chi connectivity index (χ0n) is 43.1. The molecule has 0 bridgehead atoms. The standard InChI is InChI=1S/C74H40N4S3/c1-76-65-63(44-22-7-3-8-23-44)59(42-75)67(77-66-51(47-27-12-11-26-46(47)43-20-5-2-6-21-43)31-19-32-52(66)53-36-39-56-48-28-13-16-33-60(48)79-72(56)68(53)77)64(45-24-9-4-10-25-45)71(65)78-69-54(37-40-57-49-29-14-17-34-61(49)80-73(57)69)55-38-41-58-50-30-15-18-35-62(50)81-74(58)70(55)78/h2-41H. The van der Waals surface area contributed by atoms with Gasteiger partial charge in [-0.2, -0.15) is 5.26 Å². The number of hydrogen-bond acceptors (Lipinski definition) is 4. The van der Waals surface area contributed by atoms with Crippen molar-refractivity contribution in [3.63, 3.8) is 0 Å². The Morgan fingerprint density at radius 3 is 1.17 bits per heavy atom. The second-order valence-corrected chi connectivity index (χ2v) is 23.9. The first-order valence-electron chi connectivity index (χ1n) is 27.0. The van der Waals surface area contributed by atoms with E-state index in [-0.39, 0.29) is 0 Å². The van der Waals surface area contributed by atoms with E-state index in [0.717, 1.165) is 113 Å². The number of nitriles is 1. The minimum Gasteiger partial charge on any atom is -0.316 e. The summed E-state index contributed by atoms with van der Waals surface area (Å²) in [5.74, 6) is 0. The fourth-order valence-electron chi connectivity index (χ4n) is 13.3. The Labute approximate surface area is 476 Å². The van der Waals surface area contributed by atoms with Crippen molar-refractivity contribution in [2.75, 3.05) is 0 Å². The molecule has 81 heavy (non-hydrogen) atoms. The molecule has 17 aromatic rings. The zero-order chi connectivity index (χ0) is 53.4. The molecule has 0 aliphatic carbocycles. The number of hydrogen-bond donors (Lipinski definition) is 0. The first kappa shape index (κ1) is 45.9. The molecule has 0 saturated carbocycles. The van der Waals surface area contributed by atoms with Gasteiger partial charge in [0.15, 0.2) is 0 Å². The Bertz CT molecular complexity index is 5480. The number of benzene rings is 12. The average Bonchev–Trinajstić information content (AvgIpc) is 4.46. The molecule has 0 aliphatic rings. The van der Waals surface area contributed by atoms with Crippen LogP contribution >= 0.6 is 34.0 Å². The van der Waals surface area contributed by atoms with Crippen LogP contribution in [0.1, 0.15) is 5.56 Å². The topological polar surface area (TPSA) is 38.0 Å². The Balaban J connectivity index is 1.18. The first-order valence-corrected chi connectivity index (χ1v) is 29.5. The van der Waals surface area contributed by atoms with E-state index in [0.29, 0.717) is 16.8 Å². The van der Waals surface area contributed by atoms with Crippen molar-refractivity contribution in [2.24, 2.45) is 0 Å². The summed E-state index contributed by atoms with van der Waals surface area (Å²) in [5, 5.41) is 24.0. The molecule has 7 heteroatoms. The summed E-state index contributed by atoms with van der Waals surface area (Å²) in [6, 6.07) is 89.7. The quantitative estimate of drug-likeness (QED) is 0.153. The fourth-order valence-corrected chi connectivity index (χ4v) is 17.0. The van der Waals surface area contributed by atoms with Crippen molar-refractivity contribution in [1.29, 1.82) is 5.26 Å². The van der Waals surface area contributed by atoms with Gasteiger partial charge in [0.25, 0.3) is 0 Å². The second-order valence-electron chi connectivity index (χ2n) is 20.7. The minimum atomic E-state index is 0.415. The molecule has 0 saturated heterocycles. The van der Waals surface area contributed by atoms with Gasteiger partial charge in [0.1, 0.15) is 6.07 Å². The van der Waals surface area contributed by atoms with Gasteiger partial charge in [-0.3, -0.25) is 0 Å². The number of fused-ring (bicyclic) bond motifs is 18. The smallest absolute Gasteiger partial charge is 0.220 e. The summed E-state index contributed by atoms with van der Waals surface area (Å²) < 4.78 is 11.9. The predicted molar refractivity (Wildman–Crippen MR) is 347 cm³/mol. The van der Waals surface area contributed by atoms with Crippen molar-refractivity contribution in [3.05, 3.63) is 260 Å². The molecular formula is C74H40N4S3. The van der Waals surface area contributed by atoms with Gasteiger partial charge in [0, 0.05) is 84.7 Å². The zero-order valence-corrected chi connectivity index (χ0v) is 45.6. The number of aromatic nitrogens is 2. The third-order valence-electron chi connectivity index (χ3n) is 16.6. The molecule has 0 unspecified atom stereocenters. The lowest BCUT2D eigenvalue weighted by Crippen LogP contribution is -2.09. The molecular weight excluding hydrogens is 1040 g/mol. The van der Waals surface area contributed by atoms with Crippen LogP contribution in [0.15, 0.2) is 243 Å². The second kappa shape index (κ2) is 17.7. The largest absolute Gasteiger partial charge is 0.316 e. The monoisotopic (exact) mass is 1080 g/mol. The molecule has 5 heterocycles. The molecule has 0 fully saturated rings. The fraction of sp³-hybridized carbons (Fsp3) is 0. The van der Waals surface area contributed by atoms with Crippen LogP contribution in [-0.4, -0.2) is 9.13 Å². The molecule has 0 spiro atoms. The van der Waals surface area contributed by atoms with E-state index >= 15 is 0 Å². The molecule has 0 amide bonds. The summed E-state index contributed by atoms with van der Waals surface area (Å²) >= 11 is 5.41. The van der Waals surface area contributed by atoms with Gasteiger partial charge in [-0.05, 0) is 46.0 Å². The highest BCUT2D eigenvalue weighted by Gasteiger charge is 2.34. The molecule has 0 radical (unpaired) electrons. The molecule has 17 rings (SSSR count). The molecule has 5 aromatic heterocycles. The molecule has 12 aromatic carbocycles. The highest BCUT2D eigenvalue weighted by Crippen LogP contribution is 2.56.